The van der Waals surface area contributed by atoms with E-state index in [0.717, 1.165) is 12.1 Å². The lowest BCUT2D eigenvalue weighted by Gasteiger charge is -2.18. The fourth-order valence-corrected chi connectivity index (χ4v) is 2.27. The highest BCUT2D eigenvalue weighted by molar-refractivity contribution is 6.33. The first kappa shape index (κ1) is 16.0. The van der Waals surface area contributed by atoms with Crippen molar-refractivity contribution in [3.8, 4) is 0 Å². The Bertz CT molecular complexity index is 691. The van der Waals surface area contributed by atoms with Crippen LogP contribution < -0.4 is 5.32 Å². The Labute approximate surface area is 131 Å². The summed E-state index contributed by atoms with van der Waals surface area (Å²) in [6.07, 6.45) is -0.269. The number of benzene rings is 2. The highest BCUT2D eigenvalue weighted by atomic mass is 35.5. The zero-order chi connectivity index (χ0) is 16.1. The van der Waals surface area contributed by atoms with Crippen molar-refractivity contribution in [2.45, 2.75) is 12.5 Å². The molecule has 2 N–H and O–H groups in total. The molecule has 0 saturated heterocycles. The fourth-order valence-electron chi connectivity index (χ4n) is 2.02. The van der Waals surface area contributed by atoms with E-state index < -0.39 is 23.7 Å². The highest BCUT2D eigenvalue weighted by Crippen LogP contribution is 2.21. The molecule has 1 unspecified atom stereocenters. The molecule has 0 fully saturated rings. The van der Waals surface area contributed by atoms with Crippen molar-refractivity contribution in [3.63, 3.8) is 0 Å². The van der Waals surface area contributed by atoms with Crippen LogP contribution in [0.25, 0.3) is 0 Å². The van der Waals surface area contributed by atoms with E-state index in [0.29, 0.717) is 5.56 Å². The fraction of sp³-hybridized carbons (Fsp3) is 0.125. The predicted molar refractivity (Wildman–Crippen MR) is 80.3 cm³/mol. The van der Waals surface area contributed by atoms with Gasteiger partial charge in [0.05, 0.1) is 23.0 Å². The number of carbonyl (C=O) groups excluding carboxylic acids is 1. The molecule has 2 aromatic rings. The van der Waals surface area contributed by atoms with E-state index in [4.69, 9.17) is 16.7 Å². The number of halogens is 2. The monoisotopic (exact) mass is 321 g/mol. The average molecular weight is 322 g/mol. The third-order valence-corrected chi connectivity index (χ3v) is 3.37. The Morgan fingerprint density at radius 2 is 1.86 bits per heavy atom. The molecule has 1 amide bonds. The molecule has 114 valence electrons. The summed E-state index contributed by atoms with van der Waals surface area (Å²) in [4.78, 5) is 23.2. The minimum Gasteiger partial charge on any atom is -0.481 e. The van der Waals surface area contributed by atoms with Gasteiger partial charge in [-0.25, -0.2) is 4.39 Å². The van der Waals surface area contributed by atoms with Gasteiger partial charge in [0, 0.05) is 0 Å². The number of hydrogen-bond acceptors (Lipinski definition) is 2. The zero-order valence-corrected chi connectivity index (χ0v) is 12.2. The van der Waals surface area contributed by atoms with Crippen LogP contribution in [-0.4, -0.2) is 17.0 Å². The van der Waals surface area contributed by atoms with E-state index in [1.807, 2.05) is 0 Å². The molecule has 0 bridgehead atoms. The maximum absolute atomic E-state index is 13.0. The summed E-state index contributed by atoms with van der Waals surface area (Å²) in [5.74, 6) is -2.15. The van der Waals surface area contributed by atoms with E-state index in [2.05, 4.69) is 5.32 Å². The first-order valence-corrected chi connectivity index (χ1v) is 6.88. The summed E-state index contributed by atoms with van der Waals surface area (Å²) in [5, 5.41) is 11.6. The Kier molecular flexibility index (Phi) is 5.12. The number of carboxylic acid groups (broad SMARTS) is 1. The van der Waals surface area contributed by atoms with Gasteiger partial charge in [0.2, 0.25) is 0 Å². The standard InChI is InChI=1S/C16H13ClFNO3/c17-13-8-11(18)6-7-12(13)16(22)19-14(9-15(20)21)10-4-2-1-3-5-10/h1-8,14H,9H2,(H,19,22)(H,20,21). The summed E-state index contributed by atoms with van der Waals surface area (Å²) >= 11 is 5.84. The summed E-state index contributed by atoms with van der Waals surface area (Å²) < 4.78 is 13.0. The van der Waals surface area contributed by atoms with Crippen molar-refractivity contribution in [1.82, 2.24) is 5.32 Å². The van der Waals surface area contributed by atoms with Gasteiger partial charge < -0.3 is 10.4 Å². The molecule has 0 aliphatic heterocycles. The van der Waals surface area contributed by atoms with Gasteiger partial charge in [-0.05, 0) is 23.8 Å². The van der Waals surface area contributed by atoms with Gasteiger partial charge in [-0.3, -0.25) is 9.59 Å². The first-order chi connectivity index (χ1) is 10.5. The van der Waals surface area contributed by atoms with Crippen LogP contribution in [0, 0.1) is 5.82 Å². The second kappa shape index (κ2) is 7.04. The number of carbonyl (C=O) groups is 2. The van der Waals surface area contributed by atoms with Crippen LogP contribution in [0.15, 0.2) is 48.5 Å². The first-order valence-electron chi connectivity index (χ1n) is 6.50. The Hall–Kier alpha value is -2.40. The number of aliphatic carboxylic acids is 1. The molecule has 1 atom stereocenters. The SMILES string of the molecule is O=C(O)CC(NC(=O)c1ccc(F)cc1Cl)c1ccccc1. The Morgan fingerprint density at radius 1 is 1.18 bits per heavy atom. The molecule has 0 aliphatic carbocycles. The molecule has 0 spiro atoms. The van der Waals surface area contributed by atoms with E-state index in [1.54, 1.807) is 30.3 Å². The second-order valence-electron chi connectivity index (χ2n) is 4.66. The van der Waals surface area contributed by atoms with Gasteiger partial charge in [-0.1, -0.05) is 41.9 Å². The van der Waals surface area contributed by atoms with E-state index in [9.17, 15) is 14.0 Å². The van der Waals surface area contributed by atoms with Crippen molar-refractivity contribution in [2.24, 2.45) is 0 Å². The van der Waals surface area contributed by atoms with Crippen molar-refractivity contribution < 1.29 is 19.1 Å². The van der Waals surface area contributed by atoms with E-state index >= 15 is 0 Å². The van der Waals surface area contributed by atoms with Gasteiger partial charge in [0.1, 0.15) is 5.82 Å². The van der Waals surface area contributed by atoms with Crippen molar-refractivity contribution in [1.29, 1.82) is 0 Å². The second-order valence-corrected chi connectivity index (χ2v) is 5.07. The quantitative estimate of drug-likeness (QED) is 0.886. The minimum absolute atomic E-state index is 0.0281. The van der Waals surface area contributed by atoms with E-state index in [1.165, 1.54) is 6.07 Å². The number of hydrogen-bond donors (Lipinski definition) is 2. The number of amides is 1. The van der Waals surface area contributed by atoms with Crippen LogP contribution in [0.5, 0.6) is 0 Å². The molecule has 0 radical (unpaired) electrons. The van der Waals surface area contributed by atoms with Crippen LogP contribution in [0.4, 0.5) is 4.39 Å². The predicted octanol–water partition coefficient (Wildman–Crippen LogP) is 3.42. The normalized spacial score (nSPS) is 11.7. The molecular weight excluding hydrogens is 309 g/mol. The summed E-state index contributed by atoms with van der Waals surface area (Å²) in [5.41, 5.74) is 0.755. The molecule has 0 saturated carbocycles. The summed E-state index contributed by atoms with van der Waals surface area (Å²) in [6.45, 7) is 0. The topological polar surface area (TPSA) is 66.4 Å². The van der Waals surface area contributed by atoms with Gasteiger partial charge in [0.25, 0.3) is 5.91 Å². The maximum atomic E-state index is 13.0. The van der Waals surface area contributed by atoms with Crippen molar-refractivity contribution in [2.75, 3.05) is 0 Å². The maximum Gasteiger partial charge on any atom is 0.305 e. The molecule has 4 nitrogen and oxygen atoms in total. The van der Waals surface area contributed by atoms with Crippen LogP contribution in [0.3, 0.4) is 0 Å². The number of rotatable bonds is 5. The van der Waals surface area contributed by atoms with Crippen LogP contribution >= 0.6 is 11.6 Å². The molecule has 0 aliphatic rings. The Balaban J connectivity index is 2.23. The molecule has 22 heavy (non-hydrogen) atoms. The highest BCUT2D eigenvalue weighted by Gasteiger charge is 2.20. The zero-order valence-electron chi connectivity index (χ0n) is 11.4. The third kappa shape index (κ3) is 4.05. The smallest absolute Gasteiger partial charge is 0.305 e. The molecule has 2 rings (SSSR count). The molecule has 0 aromatic heterocycles. The lowest BCUT2D eigenvalue weighted by molar-refractivity contribution is -0.137. The Morgan fingerprint density at radius 3 is 2.45 bits per heavy atom. The van der Waals surface area contributed by atoms with Crippen molar-refractivity contribution in [3.05, 3.63) is 70.5 Å². The van der Waals surface area contributed by atoms with Crippen LogP contribution in [-0.2, 0) is 4.79 Å². The minimum atomic E-state index is -1.04. The van der Waals surface area contributed by atoms with Gasteiger partial charge in [-0.2, -0.15) is 0 Å². The average Bonchev–Trinajstić information content (AvgIpc) is 2.46. The van der Waals surface area contributed by atoms with E-state index in [-0.39, 0.29) is 17.0 Å². The van der Waals surface area contributed by atoms with Gasteiger partial charge in [0.15, 0.2) is 0 Å². The number of carboxylic acids is 1. The largest absolute Gasteiger partial charge is 0.481 e. The lowest BCUT2D eigenvalue weighted by atomic mass is 10.0. The molecule has 6 heteroatoms. The van der Waals surface area contributed by atoms with Gasteiger partial charge >= 0.3 is 5.97 Å². The lowest BCUT2D eigenvalue weighted by Crippen LogP contribution is -2.30. The third-order valence-electron chi connectivity index (χ3n) is 3.06. The summed E-state index contributed by atoms with van der Waals surface area (Å²) in [7, 11) is 0. The van der Waals surface area contributed by atoms with Gasteiger partial charge in [-0.15, -0.1) is 0 Å². The molecule has 2 aromatic carbocycles. The van der Waals surface area contributed by atoms with Crippen LogP contribution in [0.2, 0.25) is 5.02 Å². The molecular formula is C16H13ClFNO3. The molecule has 0 heterocycles. The summed E-state index contributed by atoms with van der Waals surface area (Å²) in [6, 6.07) is 11.5. The van der Waals surface area contributed by atoms with Crippen LogP contribution in [0.1, 0.15) is 28.4 Å². The number of nitrogens with one attached hydrogen (secondary N) is 1. The van der Waals surface area contributed by atoms with Crippen molar-refractivity contribution >= 4 is 23.5 Å².